The highest BCUT2D eigenvalue weighted by atomic mass is 35.5. The number of methoxy groups -OCH3 is 2. The van der Waals surface area contributed by atoms with Crippen molar-refractivity contribution in [3.8, 4) is 17.0 Å². The van der Waals surface area contributed by atoms with Crippen molar-refractivity contribution in [2.45, 2.75) is 26.1 Å². The lowest BCUT2D eigenvalue weighted by atomic mass is 10.1. The molecule has 0 aliphatic heterocycles. The predicted molar refractivity (Wildman–Crippen MR) is 114 cm³/mol. The van der Waals surface area contributed by atoms with Crippen LogP contribution in [0.5, 0.6) is 5.75 Å². The van der Waals surface area contributed by atoms with Crippen LogP contribution in [-0.4, -0.2) is 46.3 Å². The zero-order valence-corrected chi connectivity index (χ0v) is 17.6. The summed E-state index contributed by atoms with van der Waals surface area (Å²) in [5, 5.41) is 23.2. The summed E-state index contributed by atoms with van der Waals surface area (Å²) in [6.45, 7) is 0.206. The second-order valence-electron chi connectivity index (χ2n) is 6.67. The number of imidazole rings is 1. The largest absolute Gasteiger partial charge is 0.495 e. The lowest BCUT2D eigenvalue weighted by Crippen LogP contribution is -2.08. The zero-order valence-electron chi connectivity index (χ0n) is 16.8. The minimum Gasteiger partial charge on any atom is -0.495 e. The van der Waals surface area contributed by atoms with Gasteiger partial charge in [-0.1, -0.05) is 11.6 Å². The van der Waals surface area contributed by atoms with Gasteiger partial charge in [0.25, 0.3) is 0 Å². The number of anilines is 1. The van der Waals surface area contributed by atoms with Gasteiger partial charge >= 0.3 is 5.97 Å². The van der Waals surface area contributed by atoms with E-state index in [9.17, 15) is 15.0 Å². The van der Waals surface area contributed by atoms with Crippen molar-refractivity contribution >= 4 is 28.9 Å². The van der Waals surface area contributed by atoms with Crippen LogP contribution in [0.1, 0.15) is 24.0 Å². The number of nitrogens with zero attached hydrogens (tertiary/aromatic N) is 2. The summed E-state index contributed by atoms with van der Waals surface area (Å²) in [4.78, 5) is 15.9. The molecule has 0 fully saturated rings. The standard InChI is InChI=1S/C21H24ClN3O5/c1-29-19-6-13(11-26)15(8-16(19)22)18-10-25-9-17(14(12-27)7-20(25)24-18)23-5-3-4-21(28)30-2/h6-10,23,26-27H,3-5,11-12H2,1-2H3. The van der Waals surface area contributed by atoms with Crippen LogP contribution in [-0.2, 0) is 22.7 Å². The Kier molecular flexibility index (Phi) is 7.15. The van der Waals surface area contributed by atoms with Crippen LogP contribution in [0.2, 0.25) is 5.02 Å². The topological polar surface area (TPSA) is 105 Å². The highest BCUT2D eigenvalue weighted by Gasteiger charge is 2.15. The molecule has 0 atom stereocenters. The molecule has 3 aromatic rings. The first-order valence-corrected chi connectivity index (χ1v) is 9.79. The Hall–Kier alpha value is -2.81. The number of aromatic nitrogens is 2. The Bertz CT molecular complexity index is 1050. The molecular formula is C21H24ClN3O5. The molecule has 2 aromatic heterocycles. The monoisotopic (exact) mass is 433 g/mol. The van der Waals surface area contributed by atoms with E-state index in [0.717, 1.165) is 5.69 Å². The van der Waals surface area contributed by atoms with E-state index in [1.807, 2.05) is 16.8 Å². The van der Waals surface area contributed by atoms with Gasteiger partial charge in [-0.3, -0.25) is 4.79 Å². The van der Waals surface area contributed by atoms with Gasteiger partial charge in [-0.2, -0.15) is 0 Å². The summed E-state index contributed by atoms with van der Waals surface area (Å²) >= 11 is 6.27. The Balaban J connectivity index is 1.91. The second kappa shape index (κ2) is 9.80. The van der Waals surface area contributed by atoms with Crippen LogP contribution in [0, 0.1) is 0 Å². The fourth-order valence-electron chi connectivity index (χ4n) is 3.17. The Labute approximate surface area is 179 Å². The summed E-state index contributed by atoms with van der Waals surface area (Å²) in [6.07, 6.45) is 4.58. The summed E-state index contributed by atoms with van der Waals surface area (Å²) in [5.41, 5.74) is 4.05. The first-order valence-electron chi connectivity index (χ1n) is 9.41. The van der Waals surface area contributed by atoms with E-state index in [1.54, 1.807) is 18.2 Å². The number of esters is 1. The molecule has 0 amide bonds. The van der Waals surface area contributed by atoms with E-state index in [4.69, 9.17) is 16.3 Å². The molecule has 0 saturated heterocycles. The Morgan fingerprint density at radius 1 is 1.17 bits per heavy atom. The van der Waals surface area contributed by atoms with Gasteiger partial charge in [0, 0.05) is 36.5 Å². The summed E-state index contributed by atoms with van der Waals surface area (Å²) in [5.74, 6) is 0.223. The Morgan fingerprint density at radius 3 is 2.60 bits per heavy atom. The number of carbonyl (C=O) groups excluding carboxylic acids is 1. The third kappa shape index (κ3) is 4.67. The van der Waals surface area contributed by atoms with Crippen molar-refractivity contribution < 1.29 is 24.5 Å². The smallest absolute Gasteiger partial charge is 0.305 e. The highest BCUT2D eigenvalue weighted by molar-refractivity contribution is 6.32. The van der Waals surface area contributed by atoms with E-state index in [-0.39, 0.29) is 19.2 Å². The molecule has 0 unspecified atom stereocenters. The molecule has 2 heterocycles. The molecule has 160 valence electrons. The molecule has 3 N–H and O–H groups in total. The zero-order chi connectivity index (χ0) is 21.7. The molecule has 0 saturated carbocycles. The van der Waals surface area contributed by atoms with Gasteiger partial charge in [-0.25, -0.2) is 4.98 Å². The summed E-state index contributed by atoms with van der Waals surface area (Å²) in [6, 6.07) is 5.19. The van der Waals surface area contributed by atoms with Gasteiger partial charge in [-0.05, 0) is 30.2 Å². The van der Waals surface area contributed by atoms with Crippen LogP contribution in [0.25, 0.3) is 16.9 Å². The van der Waals surface area contributed by atoms with Gasteiger partial charge < -0.3 is 29.4 Å². The quantitative estimate of drug-likeness (QED) is 0.352. The molecule has 9 heteroatoms. The maximum atomic E-state index is 11.2. The predicted octanol–water partition coefficient (Wildman–Crippen LogP) is 3.01. The molecule has 0 radical (unpaired) electrons. The molecule has 1 aromatic carbocycles. The number of nitrogens with one attached hydrogen (secondary N) is 1. The maximum Gasteiger partial charge on any atom is 0.305 e. The number of ether oxygens (including phenoxy) is 2. The first kappa shape index (κ1) is 21.9. The number of carbonyl (C=O) groups is 1. The summed E-state index contributed by atoms with van der Waals surface area (Å²) < 4.78 is 11.7. The number of benzene rings is 1. The normalized spacial score (nSPS) is 11.0. The van der Waals surface area contributed by atoms with E-state index in [0.29, 0.717) is 58.2 Å². The number of hydrogen-bond acceptors (Lipinski definition) is 7. The van der Waals surface area contributed by atoms with Gasteiger partial charge in [0.2, 0.25) is 0 Å². The SMILES string of the molecule is COC(=O)CCCNc1cn2cc(-c3cc(Cl)c(OC)cc3CO)nc2cc1CO. The van der Waals surface area contributed by atoms with Crippen LogP contribution < -0.4 is 10.1 Å². The minimum absolute atomic E-state index is 0.158. The molecular weight excluding hydrogens is 410 g/mol. The van der Waals surface area contributed by atoms with Crippen LogP contribution in [0.15, 0.2) is 30.6 Å². The van der Waals surface area contributed by atoms with Crippen LogP contribution in [0.4, 0.5) is 5.69 Å². The van der Waals surface area contributed by atoms with Gasteiger partial charge in [0.15, 0.2) is 0 Å². The molecule has 3 rings (SSSR count). The number of pyridine rings is 1. The molecule has 30 heavy (non-hydrogen) atoms. The van der Waals surface area contributed by atoms with Gasteiger partial charge in [0.1, 0.15) is 11.4 Å². The minimum atomic E-state index is -0.258. The molecule has 0 bridgehead atoms. The number of fused-ring (bicyclic) bond motifs is 1. The van der Waals surface area contributed by atoms with E-state index >= 15 is 0 Å². The molecule has 0 aliphatic rings. The Morgan fingerprint density at radius 2 is 1.93 bits per heavy atom. The number of aliphatic hydroxyl groups is 2. The number of rotatable bonds is 9. The van der Waals surface area contributed by atoms with Crippen molar-refractivity contribution in [3.63, 3.8) is 0 Å². The number of halogens is 1. The first-order chi connectivity index (χ1) is 14.5. The molecule has 0 spiro atoms. The maximum absolute atomic E-state index is 11.2. The number of aliphatic hydroxyl groups excluding tert-OH is 2. The van der Waals surface area contributed by atoms with E-state index in [1.165, 1.54) is 14.2 Å². The van der Waals surface area contributed by atoms with Crippen molar-refractivity contribution in [1.29, 1.82) is 0 Å². The average molecular weight is 434 g/mol. The lowest BCUT2D eigenvalue weighted by molar-refractivity contribution is -0.140. The van der Waals surface area contributed by atoms with Crippen molar-refractivity contribution in [1.82, 2.24) is 9.38 Å². The average Bonchev–Trinajstić information content (AvgIpc) is 3.18. The van der Waals surface area contributed by atoms with Crippen molar-refractivity contribution in [3.05, 3.63) is 46.7 Å². The van der Waals surface area contributed by atoms with Crippen molar-refractivity contribution in [2.75, 3.05) is 26.1 Å². The van der Waals surface area contributed by atoms with Crippen LogP contribution in [0.3, 0.4) is 0 Å². The van der Waals surface area contributed by atoms with E-state index < -0.39 is 0 Å². The second-order valence-corrected chi connectivity index (χ2v) is 7.08. The molecule has 0 aliphatic carbocycles. The fourth-order valence-corrected chi connectivity index (χ4v) is 3.41. The highest BCUT2D eigenvalue weighted by Crippen LogP contribution is 2.34. The van der Waals surface area contributed by atoms with Crippen LogP contribution >= 0.6 is 11.6 Å². The lowest BCUT2D eigenvalue weighted by Gasteiger charge is -2.11. The third-order valence-corrected chi connectivity index (χ3v) is 5.07. The third-order valence-electron chi connectivity index (χ3n) is 4.77. The number of hydrogen-bond donors (Lipinski definition) is 3. The van der Waals surface area contributed by atoms with Crippen molar-refractivity contribution in [2.24, 2.45) is 0 Å². The van der Waals surface area contributed by atoms with Gasteiger partial charge in [-0.15, -0.1) is 0 Å². The summed E-state index contributed by atoms with van der Waals surface area (Å²) in [7, 11) is 2.88. The van der Waals surface area contributed by atoms with Gasteiger partial charge in [0.05, 0.1) is 43.8 Å². The molecule has 8 nitrogen and oxygen atoms in total. The fraction of sp³-hybridized carbons (Fsp3) is 0.333. The van der Waals surface area contributed by atoms with E-state index in [2.05, 4.69) is 15.0 Å².